The van der Waals surface area contributed by atoms with Crippen LogP contribution < -0.4 is 0 Å². The van der Waals surface area contributed by atoms with E-state index in [0.717, 1.165) is 38.3 Å². The van der Waals surface area contributed by atoms with Crippen molar-refractivity contribution in [3.8, 4) is 0 Å². The van der Waals surface area contributed by atoms with Crippen LogP contribution in [0.3, 0.4) is 0 Å². The molecule has 2 aromatic rings. The average molecular weight is 339 g/mol. The lowest BCUT2D eigenvalue weighted by Crippen LogP contribution is -2.52. The Morgan fingerprint density at radius 3 is 2.92 bits per heavy atom. The fourth-order valence-corrected chi connectivity index (χ4v) is 3.56. The molecule has 2 aromatic heterocycles. The lowest BCUT2D eigenvalue weighted by Gasteiger charge is -2.37. The van der Waals surface area contributed by atoms with Gasteiger partial charge in [-0.3, -0.25) is 19.7 Å². The maximum absolute atomic E-state index is 12.5. The summed E-state index contributed by atoms with van der Waals surface area (Å²) in [5.41, 5.74) is 1.36. The third kappa shape index (κ3) is 3.67. The van der Waals surface area contributed by atoms with Crippen LogP contribution in [0, 0.1) is 0 Å². The third-order valence-corrected chi connectivity index (χ3v) is 4.84. The Kier molecular flexibility index (Phi) is 4.67. The number of carbonyl (C=O) groups excluding carboxylic acids is 1. The highest BCUT2D eigenvalue weighted by atomic mass is 16.5. The normalized spacial score (nSPS) is 23.4. The number of rotatable bonds is 4. The Morgan fingerprint density at radius 2 is 2.12 bits per heavy atom. The average Bonchev–Trinajstić information content (AvgIpc) is 3.09. The molecule has 2 aliphatic rings. The van der Waals surface area contributed by atoms with E-state index in [4.69, 9.17) is 4.74 Å². The zero-order valence-electron chi connectivity index (χ0n) is 14.0. The van der Waals surface area contributed by atoms with Crippen LogP contribution in [0.5, 0.6) is 0 Å². The highest BCUT2D eigenvalue weighted by Crippen LogP contribution is 2.25. The van der Waals surface area contributed by atoms with E-state index in [1.807, 2.05) is 23.1 Å². The van der Waals surface area contributed by atoms with Crippen molar-refractivity contribution in [3.05, 3.63) is 54.4 Å². The highest BCUT2D eigenvalue weighted by molar-refractivity contribution is 5.92. The van der Waals surface area contributed by atoms with Crippen molar-refractivity contribution < 1.29 is 9.53 Å². The van der Waals surface area contributed by atoms with Crippen molar-refractivity contribution >= 4 is 5.91 Å². The summed E-state index contributed by atoms with van der Waals surface area (Å²) in [6.07, 6.45) is 7.58. The van der Waals surface area contributed by atoms with Crippen LogP contribution in [0.1, 0.15) is 22.6 Å². The first kappa shape index (κ1) is 16.1. The molecule has 0 spiro atoms. The predicted molar refractivity (Wildman–Crippen MR) is 90.7 cm³/mol. The van der Waals surface area contributed by atoms with Gasteiger partial charge < -0.3 is 9.64 Å². The number of fused-ring (bicyclic) bond motifs is 1. The third-order valence-electron chi connectivity index (χ3n) is 4.84. The van der Waals surface area contributed by atoms with Crippen molar-refractivity contribution in [2.24, 2.45) is 0 Å². The van der Waals surface area contributed by atoms with Gasteiger partial charge in [0.25, 0.3) is 5.91 Å². The Balaban J connectivity index is 1.32. The van der Waals surface area contributed by atoms with Crippen molar-refractivity contribution in [3.63, 3.8) is 0 Å². The first-order valence-corrected chi connectivity index (χ1v) is 8.60. The molecule has 0 aliphatic carbocycles. The number of aromatic nitrogens is 3. The molecule has 7 heteroatoms. The first-order chi connectivity index (χ1) is 12.3. The predicted octanol–water partition coefficient (Wildman–Crippen LogP) is 0.987. The fourth-order valence-electron chi connectivity index (χ4n) is 3.56. The van der Waals surface area contributed by atoms with E-state index in [1.54, 1.807) is 18.6 Å². The molecule has 0 saturated carbocycles. The standard InChI is InChI=1S/C18H21N5O2/c24-18(17-10-19-5-6-21-17)23-8-7-22-12-16(9-15(22)11-23)25-13-14-3-1-2-4-20-14/h1-6,10,15-16H,7-9,11-13H2/t15-,16+/m0/s1. The fraction of sp³-hybridized carbons (Fsp3) is 0.444. The molecule has 0 N–H and O–H groups in total. The number of amides is 1. The smallest absolute Gasteiger partial charge is 0.274 e. The topological polar surface area (TPSA) is 71.5 Å². The number of hydrogen-bond acceptors (Lipinski definition) is 6. The summed E-state index contributed by atoms with van der Waals surface area (Å²) in [5, 5.41) is 0. The van der Waals surface area contributed by atoms with E-state index >= 15 is 0 Å². The second-order valence-electron chi connectivity index (χ2n) is 6.48. The number of hydrogen-bond donors (Lipinski definition) is 0. The van der Waals surface area contributed by atoms with Crippen molar-refractivity contribution in [2.45, 2.75) is 25.2 Å². The zero-order chi connectivity index (χ0) is 17.1. The largest absolute Gasteiger partial charge is 0.371 e. The molecule has 4 rings (SSSR count). The molecule has 7 nitrogen and oxygen atoms in total. The molecule has 2 saturated heterocycles. The lowest BCUT2D eigenvalue weighted by atomic mass is 10.1. The van der Waals surface area contributed by atoms with Crippen molar-refractivity contribution in [1.82, 2.24) is 24.8 Å². The van der Waals surface area contributed by atoms with Crippen LogP contribution in [-0.4, -0.2) is 69.0 Å². The van der Waals surface area contributed by atoms with E-state index in [0.29, 0.717) is 18.3 Å². The molecule has 0 unspecified atom stereocenters. The van der Waals surface area contributed by atoms with Gasteiger partial charge in [-0.2, -0.15) is 0 Å². The zero-order valence-corrected chi connectivity index (χ0v) is 14.0. The Hall–Kier alpha value is -2.38. The van der Waals surface area contributed by atoms with Gasteiger partial charge in [0.1, 0.15) is 5.69 Å². The molecular weight excluding hydrogens is 318 g/mol. The molecule has 2 aliphatic heterocycles. The van der Waals surface area contributed by atoms with Crippen LogP contribution in [0.4, 0.5) is 0 Å². The lowest BCUT2D eigenvalue weighted by molar-refractivity contribution is 0.0434. The van der Waals surface area contributed by atoms with E-state index < -0.39 is 0 Å². The minimum Gasteiger partial charge on any atom is -0.371 e. The molecule has 2 atom stereocenters. The molecule has 25 heavy (non-hydrogen) atoms. The highest BCUT2D eigenvalue weighted by Gasteiger charge is 2.38. The van der Waals surface area contributed by atoms with E-state index in [2.05, 4.69) is 19.9 Å². The molecule has 130 valence electrons. The second-order valence-corrected chi connectivity index (χ2v) is 6.48. The first-order valence-electron chi connectivity index (χ1n) is 8.60. The number of nitrogens with zero attached hydrogens (tertiary/aromatic N) is 5. The summed E-state index contributed by atoms with van der Waals surface area (Å²) >= 11 is 0. The summed E-state index contributed by atoms with van der Waals surface area (Å²) < 4.78 is 6.03. The van der Waals surface area contributed by atoms with Crippen LogP contribution in [0.15, 0.2) is 43.0 Å². The number of pyridine rings is 1. The van der Waals surface area contributed by atoms with Gasteiger partial charge in [-0.15, -0.1) is 0 Å². The van der Waals surface area contributed by atoms with E-state index in [1.165, 1.54) is 6.20 Å². The Labute approximate surface area is 146 Å². The molecule has 0 bridgehead atoms. The van der Waals surface area contributed by atoms with Crippen LogP contribution in [0.25, 0.3) is 0 Å². The summed E-state index contributed by atoms with van der Waals surface area (Å²) in [5.74, 6) is -0.0365. The Morgan fingerprint density at radius 1 is 1.16 bits per heavy atom. The molecule has 0 aromatic carbocycles. The number of carbonyl (C=O) groups is 1. The van der Waals surface area contributed by atoms with Crippen LogP contribution in [-0.2, 0) is 11.3 Å². The molecule has 4 heterocycles. The molecule has 0 radical (unpaired) electrons. The van der Waals surface area contributed by atoms with Gasteiger partial charge in [0.15, 0.2) is 0 Å². The van der Waals surface area contributed by atoms with Gasteiger partial charge in [0.05, 0.1) is 24.6 Å². The summed E-state index contributed by atoms with van der Waals surface area (Å²) in [4.78, 5) is 29.2. The van der Waals surface area contributed by atoms with Gasteiger partial charge in [0.2, 0.25) is 0 Å². The minimum atomic E-state index is -0.0365. The van der Waals surface area contributed by atoms with Crippen LogP contribution >= 0.6 is 0 Å². The summed E-state index contributed by atoms with van der Waals surface area (Å²) in [7, 11) is 0. The SMILES string of the molecule is O=C(c1cnccn1)N1CCN2C[C@H](OCc3ccccn3)C[C@H]2C1. The van der Waals surface area contributed by atoms with Gasteiger partial charge in [-0.1, -0.05) is 6.07 Å². The van der Waals surface area contributed by atoms with E-state index in [-0.39, 0.29) is 12.0 Å². The minimum absolute atomic E-state index is 0.0365. The molecular formula is C18H21N5O2. The molecule has 2 fully saturated rings. The van der Waals surface area contributed by atoms with Gasteiger partial charge >= 0.3 is 0 Å². The summed E-state index contributed by atoms with van der Waals surface area (Å²) in [6.45, 7) is 3.77. The van der Waals surface area contributed by atoms with Crippen molar-refractivity contribution in [1.29, 1.82) is 0 Å². The van der Waals surface area contributed by atoms with Gasteiger partial charge in [-0.05, 0) is 18.6 Å². The van der Waals surface area contributed by atoms with Crippen LogP contribution in [0.2, 0.25) is 0 Å². The number of ether oxygens (including phenoxy) is 1. The van der Waals surface area contributed by atoms with Crippen molar-refractivity contribution in [2.75, 3.05) is 26.2 Å². The number of piperazine rings is 1. The van der Waals surface area contributed by atoms with Gasteiger partial charge in [-0.25, -0.2) is 4.98 Å². The second kappa shape index (κ2) is 7.25. The maximum Gasteiger partial charge on any atom is 0.274 e. The maximum atomic E-state index is 12.5. The quantitative estimate of drug-likeness (QED) is 0.827. The summed E-state index contributed by atoms with van der Waals surface area (Å²) in [6, 6.07) is 6.20. The molecule has 1 amide bonds. The van der Waals surface area contributed by atoms with Gasteiger partial charge in [0, 0.05) is 50.8 Å². The Bertz CT molecular complexity index is 712. The van der Waals surface area contributed by atoms with E-state index in [9.17, 15) is 4.79 Å². The monoisotopic (exact) mass is 339 g/mol.